The Morgan fingerprint density at radius 1 is 1.23 bits per heavy atom. The van der Waals surface area contributed by atoms with Gasteiger partial charge in [0, 0.05) is 24.7 Å². The van der Waals surface area contributed by atoms with Gasteiger partial charge in [-0.3, -0.25) is 9.69 Å². The summed E-state index contributed by atoms with van der Waals surface area (Å²) in [6.45, 7) is -0.0675. The monoisotopic (exact) mass is 454 g/mol. The molecule has 2 fully saturated rings. The third-order valence-electron chi connectivity index (χ3n) is 5.29. The van der Waals surface area contributed by atoms with Crippen molar-refractivity contribution in [2.45, 2.75) is 50.1 Å². The third-order valence-corrected chi connectivity index (χ3v) is 5.63. The van der Waals surface area contributed by atoms with Crippen molar-refractivity contribution < 1.29 is 31.5 Å². The molecule has 0 spiro atoms. The zero-order valence-corrected chi connectivity index (χ0v) is 16.4. The van der Waals surface area contributed by atoms with Crippen LogP contribution in [-0.2, 0) is 4.79 Å². The number of nitrogens with zero attached hydrogens (tertiary/aromatic N) is 1. The molecule has 166 valence electrons. The quantitative estimate of drug-likeness (QED) is 0.351. The summed E-state index contributed by atoms with van der Waals surface area (Å²) in [5, 5.41) is 6.42. The third kappa shape index (κ3) is 4.61. The second-order valence-corrected chi connectivity index (χ2v) is 7.54. The van der Waals surface area contributed by atoms with Gasteiger partial charge in [-0.05, 0) is 18.9 Å². The van der Waals surface area contributed by atoms with Gasteiger partial charge in [0.25, 0.3) is 6.43 Å². The number of rotatable bonds is 6. The molecule has 0 aliphatic carbocycles. The maximum absolute atomic E-state index is 14.8. The Morgan fingerprint density at radius 3 is 2.60 bits per heavy atom. The van der Waals surface area contributed by atoms with Crippen molar-refractivity contribution in [2.24, 2.45) is 0 Å². The summed E-state index contributed by atoms with van der Waals surface area (Å²) in [6.07, 6.45) is -4.77. The highest BCUT2D eigenvalue weighted by Gasteiger charge is 2.41. The second-order valence-electron chi connectivity index (χ2n) is 7.17. The molecule has 0 bridgehead atoms. The summed E-state index contributed by atoms with van der Waals surface area (Å²) in [5.74, 6) is -2.93. The summed E-state index contributed by atoms with van der Waals surface area (Å²) in [4.78, 5) is 24.8. The maximum atomic E-state index is 14.8. The molecule has 2 aliphatic heterocycles. The highest BCUT2D eigenvalue weighted by atomic mass is 35.5. The number of carbonyl (C=O) groups excluding carboxylic acids is 2. The number of alkyl halides is 3. The first-order valence-electron chi connectivity index (χ1n) is 9.36. The first kappa shape index (κ1) is 22.5. The van der Waals surface area contributed by atoms with Crippen LogP contribution in [0.25, 0.3) is 0 Å². The summed E-state index contributed by atoms with van der Waals surface area (Å²) in [7, 11) is 0. The number of halogens is 6. The fourth-order valence-corrected chi connectivity index (χ4v) is 3.99. The van der Waals surface area contributed by atoms with E-state index in [-0.39, 0.29) is 25.1 Å². The lowest BCUT2D eigenvalue weighted by Crippen LogP contribution is -2.55. The van der Waals surface area contributed by atoms with Crippen molar-refractivity contribution in [3.63, 3.8) is 0 Å². The molecule has 2 heterocycles. The zero-order chi connectivity index (χ0) is 22.0. The number of piperidine rings is 1. The molecule has 1 aromatic carbocycles. The van der Waals surface area contributed by atoms with E-state index in [0.717, 1.165) is 17.0 Å². The normalized spacial score (nSPS) is 24.3. The smallest absolute Gasteiger partial charge is 0.315 e. The molecule has 2 saturated heterocycles. The van der Waals surface area contributed by atoms with E-state index in [1.165, 1.54) is 0 Å². The van der Waals surface area contributed by atoms with Crippen molar-refractivity contribution in [3.8, 4) is 0 Å². The van der Waals surface area contributed by atoms with Crippen molar-refractivity contribution in [2.75, 3.05) is 13.1 Å². The van der Waals surface area contributed by atoms with Crippen molar-refractivity contribution in [3.05, 3.63) is 34.4 Å². The number of amides is 3. The summed E-state index contributed by atoms with van der Waals surface area (Å²) in [6, 6.07) is -1.99. The van der Waals surface area contributed by atoms with Crippen molar-refractivity contribution in [1.29, 1.82) is 0 Å². The Hall–Kier alpha value is -2.14. The van der Waals surface area contributed by atoms with Gasteiger partial charge in [0.1, 0.15) is 22.7 Å². The Bertz CT molecular complexity index is 815. The van der Waals surface area contributed by atoms with E-state index < -0.39 is 59.4 Å². The van der Waals surface area contributed by atoms with E-state index in [1.807, 2.05) is 0 Å². The second kappa shape index (κ2) is 9.34. The minimum Gasteiger partial charge on any atom is -0.346 e. The fraction of sp³-hybridized carbons (Fsp3) is 0.556. The molecule has 2 aliphatic rings. The molecule has 30 heavy (non-hydrogen) atoms. The van der Waals surface area contributed by atoms with Crippen LogP contribution in [0, 0.1) is 11.6 Å². The highest BCUT2D eigenvalue weighted by Crippen LogP contribution is 2.35. The van der Waals surface area contributed by atoms with Crippen molar-refractivity contribution >= 4 is 23.5 Å². The largest absolute Gasteiger partial charge is 0.346 e. The average Bonchev–Trinajstić information content (AvgIpc) is 3.16. The Balaban J connectivity index is 1.97. The van der Waals surface area contributed by atoms with E-state index in [0.29, 0.717) is 12.8 Å². The number of urea groups is 1. The van der Waals surface area contributed by atoms with Gasteiger partial charge in [0.15, 0.2) is 0 Å². The summed E-state index contributed by atoms with van der Waals surface area (Å²) >= 11 is 5.66. The molecule has 12 heteroatoms. The minimum absolute atomic E-state index is 0.0270. The van der Waals surface area contributed by atoms with Crippen LogP contribution < -0.4 is 16.0 Å². The van der Waals surface area contributed by atoms with Crippen LogP contribution in [0.1, 0.15) is 30.9 Å². The molecule has 3 unspecified atom stereocenters. The fourth-order valence-electron chi connectivity index (χ4n) is 3.82. The van der Waals surface area contributed by atoms with Gasteiger partial charge >= 0.3 is 6.03 Å². The standard InChI is InChI=1S/C18H20ClF5N4O2/c19-12-9(20)5-4-8(13(12)21)14(27-17(29)10-7-25-18(30)26-10)11-3-1-2-6-28(11)16(24)15(22)23/h4-5,10-11,14-16H,1-3,6-7H2,(H,27,29)(H2,25,26,30)/t10?,11?,14-,16?/m1/s1. The van der Waals surface area contributed by atoms with E-state index in [1.54, 1.807) is 0 Å². The van der Waals surface area contributed by atoms with Crippen LogP contribution in [0.2, 0.25) is 5.02 Å². The number of hydrogen-bond acceptors (Lipinski definition) is 3. The number of hydrogen-bond donors (Lipinski definition) is 3. The van der Waals surface area contributed by atoms with Gasteiger partial charge < -0.3 is 16.0 Å². The number of carbonyl (C=O) groups is 2. The molecule has 0 saturated carbocycles. The maximum Gasteiger partial charge on any atom is 0.315 e. The molecule has 0 radical (unpaired) electrons. The predicted molar refractivity (Wildman–Crippen MR) is 97.8 cm³/mol. The van der Waals surface area contributed by atoms with Crippen LogP contribution in [0.4, 0.5) is 26.7 Å². The van der Waals surface area contributed by atoms with Crippen LogP contribution in [0.5, 0.6) is 0 Å². The lowest BCUT2D eigenvalue weighted by molar-refractivity contribution is -0.125. The van der Waals surface area contributed by atoms with Gasteiger partial charge in [-0.15, -0.1) is 0 Å². The Labute approximate surface area is 174 Å². The lowest BCUT2D eigenvalue weighted by Gasteiger charge is -2.42. The molecule has 4 atom stereocenters. The van der Waals surface area contributed by atoms with Gasteiger partial charge in [-0.25, -0.2) is 26.7 Å². The lowest BCUT2D eigenvalue weighted by atomic mass is 9.90. The topological polar surface area (TPSA) is 73.5 Å². The highest BCUT2D eigenvalue weighted by molar-refractivity contribution is 6.31. The SMILES string of the molecule is O=C1NCC(C(=O)N[C@H](c2ccc(F)c(Cl)c2F)C2CCCCN2C(F)C(F)F)N1. The Kier molecular flexibility index (Phi) is 7.02. The molecule has 3 rings (SSSR count). The minimum atomic E-state index is -3.30. The van der Waals surface area contributed by atoms with Gasteiger partial charge in [0.05, 0.1) is 6.04 Å². The molecule has 3 amide bonds. The van der Waals surface area contributed by atoms with Gasteiger partial charge in [-0.2, -0.15) is 0 Å². The van der Waals surface area contributed by atoms with Gasteiger partial charge in [0.2, 0.25) is 12.2 Å². The molecule has 6 nitrogen and oxygen atoms in total. The van der Waals surface area contributed by atoms with Crippen LogP contribution >= 0.6 is 11.6 Å². The van der Waals surface area contributed by atoms with E-state index in [9.17, 15) is 31.5 Å². The Morgan fingerprint density at radius 2 is 1.97 bits per heavy atom. The molecule has 0 aromatic heterocycles. The van der Waals surface area contributed by atoms with E-state index in [4.69, 9.17) is 11.6 Å². The predicted octanol–water partition coefficient (Wildman–Crippen LogP) is 2.87. The molecule has 3 N–H and O–H groups in total. The van der Waals surface area contributed by atoms with E-state index >= 15 is 0 Å². The first-order valence-corrected chi connectivity index (χ1v) is 9.74. The van der Waals surface area contributed by atoms with E-state index in [2.05, 4.69) is 16.0 Å². The summed E-state index contributed by atoms with van der Waals surface area (Å²) in [5.41, 5.74) is -0.259. The average molecular weight is 455 g/mol. The van der Waals surface area contributed by atoms with Crippen LogP contribution in [-0.4, -0.2) is 54.7 Å². The van der Waals surface area contributed by atoms with Crippen LogP contribution in [0.15, 0.2) is 12.1 Å². The zero-order valence-electron chi connectivity index (χ0n) is 15.6. The first-order chi connectivity index (χ1) is 14.2. The molecular formula is C18H20ClF5N4O2. The molecule has 1 aromatic rings. The number of nitrogens with one attached hydrogen (secondary N) is 3. The van der Waals surface area contributed by atoms with Crippen LogP contribution in [0.3, 0.4) is 0 Å². The van der Waals surface area contributed by atoms with Crippen molar-refractivity contribution in [1.82, 2.24) is 20.9 Å². The van der Waals surface area contributed by atoms with Gasteiger partial charge in [-0.1, -0.05) is 24.1 Å². The summed E-state index contributed by atoms with van der Waals surface area (Å²) < 4.78 is 68.9. The molecular weight excluding hydrogens is 435 g/mol. The number of likely N-dealkylation sites (tertiary alicyclic amines) is 1. The number of benzene rings is 1.